The first kappa shape index (κ1) is 14.7. The van der Waals surface area contributed by atoms with E-state index in [1.807, 2.05) is 39.0 Å². The van der Waals surface area contributed by atoms with Gasteiger partial charge in [0.1, 0.15) is 6.61 Å². The molecule has 0 spiro atoms. The molecule has 0 radical (unpaired) electrons. The zero-order chi connectivity index (χ0) is 14.8. The van der Waals surface area contributed by atoms with Crippen LogP contribution in [0.5, 0.6) is 11.5 Å². The van der Waals surface area contributed by atoms with Gasteiger partial charge in [-0.05, 0) is 38.5 Å². The van der Waals surface area contributed by atoms with Gasteiger partial charge >= 0.3 is 0 Å². The fourth-order valence-electron chi connectivity index (χ4n) is 1.79. The highest BCUT2D eigenvalue weighted by atomic mass is 16.7. The number of benzene rings is 1. The van der Waals surface area contributed by atoms with E-state index < -0.39 is 0 Å². The average molecular weight is 279 g/mol. The molecule has 20 heavy (non-hydrogen) atoms. The van der Waals surface area contributed by atoms with Gasteiger partial charge in [-0.15, -0.1) is 0 Å². The van der Waals surface area contributed by atoms with Gasteiger partial charge in [0.25, 0.3) is 0 Å². The maximum Gasteiger partial charge on any atom is 0.248 e. The zero-order valence-corrected chi connectivity index (χ0v) is 12.4. The number of carbonyl (C=O) groups excluding carboxylic acids is 1. The maximum absolute atomic E-state index is 12.0. The van der Waals surface area contributed by atoms with Crippen molar-refractivity contribution in [3.8, 4) is 11.5 Å². The number of hydrogen-bond acceptors (Lipinski definition) is 4. The van der Waals surface area contributed by atoms with Crippen LogP contribution in [-0.4, -0.2) is 36.9 Å². The molecule has 0 N–H and O–H groups in total. The van der Waals surface area contributed by atoms with Crippen LogP contribution in [0.3, 0.4) is 0 Å². The monoisotopic (exact) mass is 279 g/mol. The summed E-state index contributed by atoms with van der Waals surface area (Å²) in [7, 11) is 1.76. The summed E-state index contributed by atoms with van der Waals surface area (Å²) >= 11 is 0. The number of amides is 1. The minimum atomic E-state index is -0.310. The summed E-state index contributed by atoms with van der Waals surface area (Å²) in [6.07, 6.45) is 0. The summed E-state index contributed by atoms with van der Waals surface area (Å²) in [6, 6.07) is 5.69. The molecule has 0 bridgehead atoms. The molecule has 0 saturated carbocycles. The summed E-state index contributed by atoms with van der Waals surface area (Å²) in [5.74, 6) is 1.44. The first-order valence-corrected chi connectivity index (χ1v) is 6.61. The summed E-state index contributed by atoms with van der Waals surface area (Å²) in [5, 5.41) is 0. The Morgan fingerprint density at radius 3 is 2.70 bits per heavy atom. The third-order valence-corrected chi connectivity index (χ3v) is 2.91. The summed E-state index contributed by atoms with van der Waals surface area (Å²) < 4.78 is 16.1. The second-order valence-corrected chi connectivity index (χ2v) is 5.84. The molecule has 5 heteroatoms. The molecular formula is C15H21NO4. The van der Waals surface area contributed by atoms with E-state index in [2.05, 4.69) is 0 Å². The number of nitrogens with zero attached hydrogens (tertiary/aromatic N) is 1. The van der Waals surface area contributed by atoms with Crippen LogP contribution in [0, 0.1) is 0 Å². The van der Waals surface area contributed by atoms with Crippen molar-refractivity contribution >= 4 is 5.91 Å². The minimum absolute atomic E-state index is 0.0439. The smallest absolute Gasteiger partial charge is 0.248 e. The molecule has 110 valence electrons. The van der Waals surface area contributed by atoms with Crippen molar-refractivity contribution in [2.45, 2.75) is 32.9 Å². The molecule has 0 aliphatic carbocycles. The lowest BCUT2D eigenvalue weighted by molar-refractivity contribution is -0.140. The summed E-state index contributed by atoms with van der Waals surface area (Å²) in [5.41, 5.74) is 0.691. The van der Waals surface area contributed by atoms with E-state index in [1.54, 1.807) is 11.9 Å². The van der Waals surface area contributed by atoms with Crippen molar-refractivity contribution in [2.24, 2.45) is 0 Å². The standard InChI is InChI=1S/C15H21NO4/c1-15(2,3)20-9-14(17)16(4)8-11-5-6-12-13(7-11)19-10-18-12/h5-7H,8-10H2,1-4H3. The zero-order valence-electron chi connectivity index (χ0n) is 12.4. The Morgan fingerprint density at radius 2 is 2.00 bits per heavy atom. The molecule has 1 aliphatic heterocycles. The highest BCUT2D eigenvalue weighted by Crippen LogP contribution is 2.32. The average Bonchev–Trinajstić information content (AvgIpc) is 2.82. The fraction of sp³-hybridized carbons (Fsp3) is 0.533. The van der Waals surface area contributed by atoms with E-state index in [9.17, 15) is 4.79 Å². The van der Waals surface area contributed by atoms with E-state index in [1.165, 1.54) is 0 Å². The van der Waals surface area contributed by atoms with Crippen molar-refractivity contribution in [3.05, 3.63) is 23.8 Å². The molecule has 2 rings (SSSR count). The molecule has 0 saturated heterocycles. The first-order valence-electron chi connectivity index (χ1n) is 6.61. The van der Waals surface area contributed by atoms with Crippen LogP contribution in [0.4, 0.5) is 0 Å². The van der Waals surface area contributed by atoms with Gasteiger partial charge in [-0.25, -0.2) is 0 Å². The van der Waals surface area contributed by atoms with Gasteiger partial charge in [0.15, 0.2) is 11.5 Å². The van der Waals surface area contributed by atoms with Gasteiger partial charge in [0, 0.05) is 13.6 Å². The van der Waals surface area contributed by atoms with Gasteiger partial charge < -0.3 is 19.1 Å². The Bertz CT molecular complexity index is 493. The molecule has 1 aromatic carbocycles. The number of hydrogen-bond donors (Lipinski definition) is 0. The van der Waals surface area contributed by atoms with Crippen LogP contribution in [-0.2, 0) is 16.1 Å². The van der Waals surface area contributed by atoms with E-state index in [0.717, 1.165) is 17.1 Å². The van der Waals surface area contributed by atoms with E-state index in [-0.39, 0.29) is 24.9 Å². The highest BCUT2D eigenvalue weighted by Gasteiger charge is 2.17. The summed E-state index contributed by atoms with van der Waals surface area (Å²) in [4.78, 5) is 13.6. The van der Waals surface area contributed by atoms with Gasteiger partial charge in [-0.3, -0.25) is 4.79 Å². The highest BCUT2D eigenvalue weighted by molar-refractivity contribution is 5.77. The Balaban J connectivity index is 1.90. The second-order valence-electron chi connectivity index (χ2n) is 5.84. The molecule has 0 fully saturated rings. The predicted molar refractivity (Wildman–Crippen MR) is 74.7 cm³/mol. The molecule has 1 aliphatic rings. The van der Waals surface area contributed by atoms with Gasteiger partial charge in [-0.2, -0.15) is 0 Å². The number of carbonyl (C=O) groups is 1. The van der Waals surface area contributed by atoms with Crippen LogP contribution < -0.4 is 9.47 Å². The topological polar surface area (TPSA) is 48.0 Å². The lowest BCUT2D eigenvalue weighted by atomic mass is 10.2. The van der Waals surface area contributed by atoms with Crippen molar-refractivity contribution in [1.82, 2.24) is 4.90 Å². The van der Waals surface area contributed by atoms with E-state index in [4.69, 9.17) is 14.2 Å². The molecule has 1 amide bonds. The predicted octanol–water partition coefficient (Wildman–Crippen LogP) is 2.19. The normalized spacial score (nSPS) is 13.4. The van der Waals surface area contributed by atoms with Crippen LogP contribution in [0.25, 0.3) is 0 Å². The van der Waals surface area contributed by atoms with Crippen LogP contribution in [0.1, 0.15) is 26.3 Å². The number of rotatable bonds is 4. The molecular weight excluding hydrogens is 258 g/mol. The van der Waals surface area contributed by atoms with Crippen molar-refractivity contribution in [2.75, 3.05) is 20.4 Å². The quantitative estimate of drug-likeness (QED) is 0.847. The van der Waals surface area contributed by atoms with Gasteiger partial charge in [0.2, 0.25) is 12.7 Å². The van der Waals surface area contributed by atoms with Crippen LogP contribution in [0.15, 0.2) is 18.2 Å². The summed E-state index contributed by atoms with van der Waals surface area (Å²) in [6.45, 7) is 6.65. The largest absolute Gasteiger partial charge is 0.454 e. The molecule has 0 atom stereocenters. The second kappa shape index (κ2) is 5.71. The van der Waals surface area contributed by atoms with Gasteiger partial charge in [0.05, 0.1) is 5.60 Å². The minimum Gasteiger partial charge on any atom is -0.454 e. The van der Waals surface area contributed by atoms with E-state index in [0.29, 0.717) is 6.54 Å². The fourth-order valence-corrected chi connectivity index (χ4v) is 1.79. The maximum atomic E-state index is 12.0. The molecule has 0 aromatic heterocycles. The van der Waals surface area contributed by atoms with Gasteiger partial charge in [-0.1, -0.05) is 6.07 Å². The molecule has 0 unspecified atom stereocenters. The molecule has 5 nitrogen and oxygen atoms in total. The Hall–Kier alpha value is -1.75. The number of ether oxygens (including phenoxy) is 3. The van der Waals surface area contributed by atoms with Crippen molar-refractivity contribution in [1.29, 1.82) is 0 Å². The lowest BCUT2D eigenvalue weighted by Gasteiger charge is -2.22. The SMILES string of the molecule is CN(Cc1ccc2c(c1)OCO2)C(=O)COC(C)(C)C. The molecule has 1 heterocycles. The van der Waals surface area contributed by atoms with E-state index >= 15 is 0 Å². The number of likely N-dealkylation sites (N-methyl/N-ethyl adjacent to an activating group) is 1. The Labute approximate surface area is 119 Å². The third kappa shape index (κ3) is 3.87. The Morgan fingerprint density at radius 1 is 1.30 bits per heavy atom. The molecule has 1 aromatic rings. The lowest BCUT2D eigenvalue weighted by Crippen LogP contribution is -2.33. The Kier molecular flexibility index (Phi) is 4.18. The van der Waals surface area contributed by atoms with Crippen molar-refractivity contribution in [3.63, 3.8) is 0 Å². The first-order chi connectivity index (χ1) is 9.35. The van der Waals surface area contributed by atoms with Crippen LogP contribution in [0.2, 0.25) is 0 Å². The number of fused-ring (bicyclic) bond motifs is 1. The van der Waals surface area contributed by atoms with Crippen LogP contribution >= 0.6 is 0 Å². The third-order valence-electron chi connectivity index (χ3n) is 2.91. The van der Waals surface area contributed by atoms with Crippen molar-refractivity contribution < 1.29 is 19.0 Å².